The smallest absolute Gasteiger partial charge is 0.294 e. The Bertz CT molecular complexity index is 1120. The van der Waals surface area contributed by atoms with Crippen LogP contribution >= 0.6 is 0 Å². The van der Waals surface area contributed by atoms with Crippen molar-refractivity contribution in [3.8, 4) is 0 Å². The van der Waals surface area contributed by atoms with Crippen LogP contribution in [0.2, 0.25) is 0 Å². The second-order valence-corrected chi connectivity index (χ2v) is 6.33. The normalized spacial score (nSPS) is 16.3. The Hall–Kier alpha value is -4.20. The Kier molecular flexibility index (Phi) is 4.44. The van der Waals surface area contributed by atoms with Crippen molar-refractivity contribution in [3.63, 3.8) is 0 Å². The molecule has 1 amide bonds. The zero-order valence-corrected chi connectivity index (χ0v) is 14.9. The number of anilines is 1. The third kappa shape index (κ3) is 3.06. The van der Waals surface area contributed by atoms with Crippen LogP contribution in [0.1, 0.15) is 22.2 Å². The molecule has 8 heteroatoms. The summed E-state index contributed by atoms with van der Waals surface area (Å²) in [7, 11) is 0. The molecule has 0 saturated heterocycles. The molecule has 29 heavy (non-hydrogen) atoms. The van der Waals surface area contributed by atoms with E-state index in [-0.39, 0.29) is 17.0 Å². The SMILES string of the molecule is O=C(C1=C(O)C(=O)N(c2ccccc2)[C@@H]1c1ccc([N+](=O)[O-])cc1)c1ccco1. The van der Waals surface area contributed by atoms with Crippen LogP contribution in [0.5, 0.6) is 0 Å². The predicted molar refractivity (Wildman–Crippen MR) is 102 cm³/mol. The number of benzene rings is 2. The van der Waals surface area contributed by atoms with Crippen LogP contribution < -0.4 is 4.90 Å². The average Bonchev–Trinajstić information content (AvgIpc) is 3.36. The number of furan rings is 1. The molecular weight excluding hydrogens is 376 g/mol. The van der Waals surface area contributed by atoms with Crippen molar-refractivity contribution >= 4 is 23.1 Å². The zero-order chi connectivity index (χ0) is 20.5. The predicted octanol–water partition coefficient (Wildman–Crippen LogP) is 3.97. The first-order chi connectivity index (χ1) is 14.0. The summed E-state index contributed by atoms with van der Waals surface area (Å²) in [6.07, 6.45) is 1.32. The molecule has 0 saturated carbocycles. The van der Waals surface area contributed by atoms with Gasteiger partial charge in [0.25, 0.3) is 11.6 Å². The van der Waals surface area contributed by atoms with E-state index in [2.05, 4.69) is 0 Å². The molecule has 0 radical (unpaired) electrons. The molecule has 2 aromatic carbocycles. The van der Waals surface area contributed by atoms with Gasteiger partial charge in [-0.2, -0.15) is 0 Å². The Balaban J connectivity index is 1.87. The Labute approximate surface area is 164 Å². The van der Waals surface area contributed by atoms with Gasteiger partial charge >= 0.3 is 0 Å². The molecule has 0 spiro atoms. The van der Waals surface area contributed by atoms with E-state index >= 15 is 0 Å². The Morgan fingerprint density at radius 2 is 1.72 bits per heavy atom. The van der Waals surface area contributed by atoms with Crippen molar-refractivity contribution in [2.45, 2.75) is 6.04 Å². The third-order valence-electron chi connectivity index (χ3n) is 4.65. The van der Waals surface area contributed by atoms with Gasteiger partial charge in [-0.15, -0.1) is 0 Å². The molecule has 1 aliphatic rings. The summed E-state index contributed by atoms with van der Waals surface area (Å²) in [5, 5.41) is 21.5. The fourth-order valence-electron chi connectivity index (χ4n) is 3.33. The summed E-state index contributed by atoms with van der Waals surface area (Å²) in [6, 6.07) is 16.0. The van der Waals surface area contributed by atoms with Gasteiger partial charge in [-0.05, 0) is 42.0 Å². The minimum atomic E-state index is -0.969. The fraction of sp³-hybridized carbons (Fsp3) is 0.0476. The number of para-hydroxylation sites is 1. The standard InChI is InChI=1S/C21H14N2O6/c24-19(16-7-4-12-29-16)17-18(13-8-10-15(11-9-13)23(27)28)22(21(26)20(17)25)14-5-2-1-3-6-14/h1-12,18,25H/t18-/m1/s1. The lowest BCUT2D eigenvalue weighted by molar-refractivity contribution is -0.384. The molecule has 8 nitrogen and oxygen atoms in total. The van der Waals surface area contributed by atoms with Gasteiger partial charge in [-0.25, -0.2) is 0 Å². The van der Waals surface area contributed by atoms with Gasteiger partial charge in [0, 0.05) is 17.8 Å². The lowest BCUT2D eigenvalue weighted by atomic mass is 9.94. The van der Waals surface area contributed by atoms with Gasteiger partial charge in [-0.1, -0.05) is 18.2 Å². The summed E-state index contributed by atoms with van der Waals surface area (Å²) in [5.74, 6) is -2.09. The van der Waals surface area contributed by atoms with E-state index in [0.717, 1.165) is 0 Å². The second kappa shape index (κ2) is 7.08. The number of Topliss-reactive ketones (excluding diaryl/α,β-unsaturated/α-hetero) is 1. The van der Waals surface area contributed by atoms with E-state index in [1.54, 1.807) is 30.3 Å². The first-order valence-corrected chi connectivity index (χ1v) is 8.63. The van der Waals surface area contributed by atoms with E-state index in [1.807, 2.05) is 0 Å². The lowest BCUT2D eigenvalue weighted by Gasteiger charge is -2.26. The monoisotopic (exact) mass is 390 g/mol. The first kappa shape index (κ1) is 18.2. The molecule has 1 N–H and O–H groups in total. The Morgan fingerprint density at radius 1 is 1.03 bits per heavy atom. The van der Waals surface area contributed by atoms with E-state index in [1.165, 1.54) is 47.6 Å². The number of nitrogens with zero attached hydrogens (tertiary/aromatic N) is 2. The number of nitro groups is 1. The number of carbonyl (C=O) groups is 2. The van der Waals surface area contributed by atoms with Crippen LogP contribution in [-0.4, -0.2) is 21.7 Å². The van der Waals surface area contributed by atoms with Crippen molar-refractivity contribution < 1.29 is 24.0 Å². The van der Waals surface area contributed by atoms with Gasteiger partial charge in [0.15, 0.2) is 11.5 Å². The number of nitro benzene ring substituents is 1. The molecule has 1 atom stereocenters. The van der Waals surface area contributed by atoms with E-state index in [0.29, 0.717) is 11.3 Å². The zero-order valence-electron chi connectivity index (χ0n) is 14.9. The summed E-state index contributed by atoms with van der Waals surface area (Å²) < 4.78 is 5.15. The van der Waals surface area contributed by atoms with Crippen LogP contribution in [0.3, 0.4) is 0 Å². The highest BCUT2D eigenvalue weighted by Gasteiger charge is 2.45. The van der Waals surface area contributed by atoms with Gasteiger partial charge < -0.3 is 9.52 Å². The topological polar surface area (TPSA) is 114 Å². The largest absolute Gasteiger partial charge is 0.503 e. The van der Waals surface area contributed by atoms with Gasteiger partial charge in [0.2, 0.25) is 5.78 Å². The minimum Gasteiger partial charge on any atom is -0.503 e. The van der Waals surface area contributed by atoms with Crippen molar-refractivity contribution in [2.24, 2.45) is 0 Å². The molecule has 144 valence electrons. The molecule has 0 bridgehead atoms. The minimum absolute atomic E-state index is 0.0267. The van der Waals surface area contributed by atoms with Crippen LogP contribution in [0.25, 0.3) is 0 Å². The average molecular weight is 390 g/mol. The molecule has 1 aromatic heterocycles. The number of aliphatic hydroxyl groups is 1. The van der Waals surface area contributed by atoms with Crippen molar-refractivity contribution in [1.29, 1.82) is 0 Å². The first-order valence-electron chi connectivity index (χ1n) is 8.63. The number of ketones is 1. The lowest BCUT2D eigenvalue weighted by Crippen LogP contribution is -2.31. The number of rotatable bonds is 5. The van der Waals surface area contributed by atoms with Gasteiger partial charge in [0.1, 0.15) is 0 Å². The highest BCUT2D eigenvalue weighted by molar-refractivity contribution is 6.20. The maximum atomic E-state index is 13.0. The molecule has 0 fully saturated rings. The molecule has 4 rings (SSSR count). The van der Waals surface area contributed by atoms with Crippen LogP contribution in [0.4, 0.5) is 11.4 Å². The van der Waals surface area contributed by atoms with E-state index in [9.17, 15) is 24.8 Å². The van der Waals surface area contributed by atoms with Crippen molar-refractivity contribution in [3.05, 3.63) is 106 Å². The van der Waals surface area contributed by atoms with Crippen molar-refractivity contribution in [2.75, 3.05) is 4.90 Å². The number of hydrogen-bond donors (Lipinski definition) is 1. The summed E-state index contributed by atoms with van der Waals surface area (Å²) in [6.45, 7) is 0. The molecule has 3 aromatic rings. The third-order valence-corrected chi connectivity index (χ3v) is 4.65. The van der Waals surface area contributed by atoms with E-state index in [4.69, 9.17) is 4.42 Å². The van der Waals surface area contributed by atoms with Crippen LogP contribution in [0.15, 0.2) is 88.7 Å². The molecule has 0 unspecified atom stereocenters. The summed E-state index contributed by atoms with van der Waals surface area (Å²) in [4.78, 5) is 37.6. The highest BCUT2D eigenvalue weighted by atomic mass is 16.6. The van der Waals surface area contributed by atoms with Crippen LogP contribution in [0, 0.1) is 10.1 Å². The molecule has 1 aliphatic heterocycles. The molecular formula is C21H14N2O6. The van der Waals surface area contributed by atoms with Gasteiger partial charge in [-0.3, -0.25) is 24.6 Å². The summed E-state index contributed by atoms with van der Waals surface area (Å²) in [5.41, 5.74) is 0.625. The van der Waals surface area contributed by atoms with E-state index < -0.39 is 28.4 Å². The molecule has 2 heterocycles. The number of amides is 1. The molecule has 0 aliphatic carbocycles. The highest BCUT2D eigenvalue weighted by Crippen LogP contribution is 2.42. The number of hydrogen-bond acceptors (Lipinski definition) is 6. The van der Waals surface area contributed by atoms with Gasteiger partial charge in [0.05, 0.1) is 22.8 Å². The number of aliphatic hydroxyl groups excluding tert-OH is 1. The number of carbonyl (C=O) groups excluding carboxylic acids is 2. The second-order valence-electron chi connectivity index (χ2n) is 6.33. The quantitative estimate of drug-likeness (QED) is 0.400. The maximum absolute atomic E-state index is 13.0. The van der Waals surface area contributed by atoms with Crippen molar-refractivity contribution in [1.82, 2.24) is 0 Å². The fourth-order valence-corrected chi connectivity index (χ4v) is 3.33. The Morgan fingerprint density at radius 3 is 2.31 bits per heavy atom. The maximum Gasteiger partial charge on any atom is 0.294 e. The number of non-ortho nitro benzene ring substituents is 1. The van der Waals surface area contributed by atoms with Crippen LogP contribution in [-0.2, 0) is 4.79 Å². The summed E-state index contributed by atoms with van der Waals surface area (Å²) >= 11 is 0.